The van der Waals surface area contributed by atoms with Crippen LogP contribution >= 0.6 is 0 Å². The van der Waals surface area contributed by atoms with E-state index in [2.05, 4.69) is 11.1 Å². The van der Waals surface area contributed by atoms with Gasteiger partial charge in [0.2, 0.25) is 0 Å². The van der Waals surface area contributed by atoms with Gasteiger partial charge in [-0.15, -0.1) is 0 Å². The zero-order valence-corrected chi connectivity index (χ0v) is 14.1. The lowest BCUT2D eigenvalue weighted by atomic mass is 10.1. The zero-order valence-electron chi connectivity index (χ0n) is 14.1. The van der Waals surface area contributed by atoms with Crippen LogP contribution in [0.1, 0.15) is 15.9 Å². The molecule has 0 unspecified atom stereocenters. The minimum absolute atomic E-state index is 0.000705. The molecule has 0 spiro atoms. The highest BCUT2D eigenvalue weighted by Gasteiger charge is 2.25. The van der Waals surface area contributed by atoms with Crippen LogP contribution in [0.4, 0.5) is 17.1 Å². The van der Waals surface area contributed by atoms with E-state index in [1.54, 1.807) is 12.4 Å². The van der Waals surface area contributed by atoms with Crippen molar-refractivity contribution >= 4 is 23.0 Å². The Morgan fingerprint density at radius 3 is 2.60 bits per heavy atom. The smallest absolute Gasteiger partial charge is 0.259 e. The maximum atomic E-state index is 13.0. The van der Waals surface area contributed by atoms with Crippen LogP contribution in [0, 0.1) is 0 Å². The van der Waals surface area contributed by atoms with E-state index in [1.807, 2.05) is 71.4 Å². The Kier molecular flexibility index (Phi) is 3.94. The Hall–Kier alpha value is -3.14. The number of rotatable bonds is 3. The fourth-order valence-corrected chi connectivity index (χ4v) is 3.23. The highest BCUT2D eigenvalue weighted by atomic mass is 16.2. The van der Waals surface area contributed by atoms with Crippen LogP contribution in [0.3, 0.4) is 0 Å². The first kappa shape index (κ1) is 15.4. The van der Waals surface area contributed by atoms with E-state index >= 15 is 0 Å². The first-order chi connectivity index (χ1) is 12.2. The van der Waals surface area contributed by atoms with Gasteiger partial charge in [-0.25, -0.2) is 0 Å². The van der Waals surface area contributed by atoms with Crippen molar-refractivity contribution in [1.29, 1.82) is 0 Å². The second-order valence-electron chi connectivity index (χ2n) is 6.16. The van der Waals surface area contributed by atoms with Gasteiger partial charge < -0.3 is 9.80 Å². The molecule has 0 atom stereocenters. The standard InChI is InChI=1S/C21H19N3O/c1-23(18-8-3-2-4-9-18)19-13-17(14-22-15-19)21(25)24-12-11-16-7-5-6-10-20(16)24/h2-10,13-15H,11-12H2,1H3. The highest BCUT2D eigenvalue weighted by molar-refractivity contribution is 6.07. The predicted octanol–water partition coefficient (Wildman–Crippen LogP) is 4.05. The number of pyridine rings is 1. The third-order valence-electron chi connectivity index (χ3n) is 4.63. The maximum absolute atomic E-state index is 13.0. The van der Waals surface area contributed by atoms with Crippen LogP contribution in [-0.2, 0) is 6.42 Å². The molecular formula is C21H19N3O. The molecule has 0 saturated heterocycles. The Bertz CT molecular complexity index is 908. The SMILES string of the molecule is CN(c1ccccc1)c1cncc(C(=O)N2CCc3ccccc32)c1. The lowest BCUT2D eigenvalue weighted by Crippen LogP contribution is -2.29. The average molecular weight is 329 g/mol. The minimum atomic E-state index is 0.000705. The van der Waals surface area contributed by atoms with E-state index in [9.17, 15) is 4.79 Å². The fraction of sp³-hybridized carbons (Fsp3) is 0.143. The van der Waals surface area contributed by atoms with Gasteiger partial charge in [0.05, 0.1) is 17.4 Å². The molecule has 1 aromatic heterocycles. The molecule has 3 aromatic rings. The molecule has 0 fully saturated rings. The lowest BCUT2D eigenvalue weighted by molar-refractivity contribution is 0.0989. The second-order valence-corrected chi connectivity index (χ2v) is 6.16. The Labute approximate surface area is 147 Å². The van der Waals surface area contributed by atoms with E-state index in [0.717, 1.165) is 30.0 Å². The molecule has 4 heteroatoms. The number of aromatic nitrogens is 1. The number of hydrogen-bond donors (Lipinski definition) is 0. The van der Waals surface area contributed by atoms with Gasteiger partial charge >= 0.3 is 0 Å². The summed E-state index contributed by atoms with van der Waals surface area (Å²) in [7, 11) is 1.98. The van der Waals surface area contributed by atoms with Crippen molar-refractivity contribution in [2.24, 2.45) is 0 Å². The summed E-state index contributed by atoms with van der Waals surface area (Å²) in [6.07, 6.45) is 4.33. The topological polar surface area (TPSA) is 36.4 Å². The number of carbonyl (C=O) groups is 1. The van der Waals surface area contributed by atoms with E-state index in [0.29, 0.717) is 5.56 Å². The second kappa shape index (κ2) is 6.40. The van der Waals surface area contributed by atoms with Crippen LogP contribution in [0.15, 0.2) is 73.1 Å². The number of carbonyl (C=O) groups excluding carboxylic acids is 1. The summed E-state index contributed by atoms with van der Waals surface area (Å²) in [6, 6.07) is 20.0. The third kappa shape index (κ3) is 2.87. The summed E-state index contributed by atoms with van der Waals surface area (Å²) in [5.41, 5.74) is 4.79. The molecule has 1 amide bonds. The van der Waals surface area contributed by atoms with Gasteiger partial charge in [-0.2, -0.15) is 0 Å². The molecule has 124 valence electrons. The van der Waals surface area contributed by atoms with Crippen molar-refractivity contribution in [3.8, 4) is 0 Å². The summed E-state index contributed by atoms with van der Waals surface area (Å²) >= 11 is 0. The summed E-state index contributed by atoms with van der Waals surface area (Å²) in [4.78, 5) is 21.2. The number of benzene rings is 2. The van der Waals surface area contributed by atoms with Crippen molar-refractivity contribution in [3.05, 3.63) is 84.2 Å². The van der Waals surface area contributed by atoms with Crippen molar-refractivity contribution < 1.29 is 4.79 Å². The van der Waals surface area contributed by atoms with E-state index in [4.69, 9.17) is 0 Å². The number of hydrogen-bond acceptors (Lipinski definition) is 3. The summed E-state index contributed by atoms with van der Waals surface area (Å²) in [5.74, 6) is 0.000705. The van der Waals surface area contributed by atoms with E-state index < -0.39 is 0 Å². The predicted molar refractivity (Wildman–Crippen MR) is 101 cm³/mol. The molecule has 0 saturated carbocycles. The van der Waals surface area contributed by atoms with Crippen molar-refractivity contribution in [3.63, 3.8) is 0 Å². The molecule has 2 aromatic carbocycles. The molecule has 0 N–H and O–H groups in total. The van der Waals surface area contributed by atoms with E-state index in [1.165, 1.54) is 5.56 Å². The molecular weight excluding hydrogens is 310 g/mol. The fourth-order valence-electron chi connectivity index (χ4n) is 3.23. The summed E-state index contributed by atoms with van der Waals surface area (Å²) in [5, 5.41) is 0. The minimum Gasteiger partial charge on any atom is -0.343 e. The van der Waals surface area contributed by atoms with Gasteiger partial charge in [0, 0.05) is 31.2 Å². The number of para-hydroxylation sites is 2. The first-order valence-electron chi connectivity index (χ1n) is 8.37. The van der Waals surface area contributed by atoms with Gasteiger partial charge in [-0.3, -0.25) is 9.78 Å². The van der Waals surface area contributed by atoms with Crippen LogP contribution < -0.4 is 9.80 Å². The van der Waals surface area contributed by atoms with Gasteiger partial charge in [-0.1, -0.05) is 36.4 Å². The van der Waals surface area contributed by atoms with Crippen molar-refractivity contribution in [1.82, 2.24) is 4.98 Å². The molecule has 0 aliphatic carbocycles. The molecule has 4 rings (SSSR count). The van der Waals surface area contributed by atoms with Crippen LogP contribution in [0.5, 0.6) is 0 Å². The van der Waals surface area contributed by atoms with Gasteiger partial charge in [0.15, 0.2) is 0 Å². The molecule has 4 nitrogen and oxygen atoms in total. The van der Waals surface area contributed by atoms with Gasteiger partial charge in [-0.05, 0) is 36.2 Å². The monoisotopic (exact) mass is 329 g/mol. The average Bonchev–Trinajstić information content (AvgIpc) is 3.12. The third-order valence-corrected chi connectivity index (χ3v) is 4.63. The van der Waals surface area contributed by atoms with Gasteiger partial charge in [0.1, 0.15) is 0 Å². The number of amides is 1. The first-order valence-corrected chi connectivity index (χ1v) is 8.37. The lowest BCUT2D eigenvalue weighted by Gasteiger charge is -2.21. The Morgan fingerprint density at radius 2 is 1.76 bits per heavy atom. The van der Waals surface area contributed by atoms with Crippen LogP contribution in [-0.4, -0.2) is 24.5 Å². The maximum Gasteiger partial charge on any atom is 0.259 e. The van der Waals surface area contributed by atoms with Crippen molar-refractivity contribution in [2.75, 3.05) is 23.4 Å². The quantitative estimate of drug-likeness (QED) is 0.727. The molecule has 2 heterocycles. The molecule has 1 aliphatic rings. The molecule has 1 aliphatic heterocycles. The molecule has 25 heavy (non-hydrogen) atoms. The Balaban J connectivity index is 1.63. The Morgan fingerprint density at radius 1 is 1.00 bits per heavy atom. The summed E-state index contributed by atoms with van der Waals surface area (Å²) < 4.78 is 0. The van der Waals surface area contributed by atoms with Crippen LogP contribution in [0.25, 0.3) is 0 Å². The van der Waals surface area contributed by atoms with E-state index in [-0.39, 0.29) is 5.91 Å². The number of nitrogens with zero attached hydrogens (tertiary/aromatic N) is 3. The van der Waals surface area contributed by atoms with Gasteiger partial charge in [0.25, 0.3) is 5.91 Å². The normalized spacial score (nSPS) is 12.8. The largest absolute Gasteiger partial charge is 0.343 e. The summed E-state index contributed by atoms with van der Waals surface area (Å²) in [6.45, 7) is 0.719. The molecule has 0 radical (unpaired) electrons. The zero-order chi connectivity index (χ0) is 17.2. The molecule has 0 bridgehead atoms. The number of fused-ring (bicyclic) bond motifs is 1. The van der Waals surface area contributed by atoms with Crippen LogP contribution in [0.2, 0.25) is 0 Å². The van der Waals surface area contributed by atoms with Crippen molar-refractivity contribution in [2.45, 2.75) is 6.42 Å². The highest BCUT2D eigenvalue weighted by Crippen LogP contribution is 2.30. The number of anilines is 3.